The van der Waals surface area contributed by atoms with E-state index in [1.807, 2.05) is 0 Å². The Balaban J connectivity index is 1.44. The van der Waals surface area contributed by atoms with Gasteiger partial charge in [0.25, 0.3) is 0 Å². The Kier molecular flexibility index (Phi) is 6.49. The first kappa shape index (κ1) is 19.1. The summed E-state index contributed by atoms with van der Waals surface area (Å²) in [5.74, 6) is 0.766. The lowest BCUT2D eigenvalue weighted by Gasteiger charge is -2.50. The summed E-state index contributed by atoms with van der Waals surface area (Å²) in [5.41, 5.74) is 0. The first-order chi connectivity index (χ1) is 12.8. The van der Waals surface area contributed by atoms with E-state index in [1.54, 1.807) is 0 Å². The highest BCUT2D eigenvalue weighted by atomic mass is 16.8. The van der Waals surface area contributed by atoms with Gasteiger partial charge in [-0.1, -0.05) is 38.5 Å². The number of rotatable bonds is 4. The topological polar surface area (TPSA) is 77.4 Å². The zero-order valence-corrected chi connectivity index (χ0v) is 15.6. The Morgan fingerprint density at radius 3 is 2.00 bits per heavy atom. The summed E-state index contributed by atoms with van der Waals surface area (Å²) >= 11 is 0. The summed E-state index contributed by atoms with van der Waals surface area (Å²) in [6.07, 6.45) is 9.15. The number of hydrogen-bond donors (Lipinski definition) is 2. The Morgan fingerprint density at radius 1 is 0.769 bits per heavy atom. The van der Waals surface area contributed by atoms with E-state index in [2.05, 4.69) is 0 Å². The fraction of sp³-hybridized carbons (Fsp3) is 1.00. The van der Waals surface area contributed by atoms with E-state index in [-0.39, 0.29) is 31.4 Å². The Hall–Kier alpha value is -0.240. The van der Waals surface area contributed by atoms with Crippen LogP contribution in [0.4, 0.5) is 0 Å². The molecule has 0 radical (unpaired) electrons. The molecule has 6 atom stereocenters. The predicted molar refractivity (Wildman–Crippen MR) is 94.4 cm³/mol. The van der Waals surface area contributed by atoms with Gasteiger partial charge >= 0.3 is 0 Å². The summed E-state index contributed by atoms with van der Waals surface area (Å²) in [7, 11) is 0. The van der Waals surface area contributed by atoms with Gasteiger partial charge in [0.2, 0.25) is 0 Å². The van der Waals surface area contributed by atoms with E-state index in [1.165, 1.54) is 38.5 Å². The Morgan fingerprint density at radius 2 is 1.38 bits per heavy atom. The maximum absolute atomic E-state index is 10.4. The van der Waals surface area contributed by atoms with Crippen molar-refractivity contribution in [3.63, 3.8) is 0 Å². The second-order valence-electron chi connectivity index (χ2n) is 8.49. The van der Waals surface area contributed by atoms with Crippen molar-refractivity contribution in [1.29, 1.82) is 0 Å². The zero-order valence-electron chi connectivity index (χ0n) is 15.6. The molecule has 2 aliphatic heterocycles. The van der Waals surface area contributed by atoms with Gasteiger partial charge in [-0.15, -0.1) is 0 Å². The number of hydrogen-bond acceptors (Lipinski definition) is 6. The molecule has 6 unspecified atom stereocenters. The van der Waals surface area contributed by atoms with Crippen molar-refractivity contribution in [3.8, 4) is 0 Å². The quantitative estimate of drug-likeness (QED) is 0.791. The van der Waals surface area contributed by atoms with Gasteiger partial charge in [0.05, 0.1) is 13.2 Å². The largest absolute Gasteiger partial charge is 0.394 e. The van der Waals surface area contributed by atoms with Gasteiger partial charge < -0.3 is 29.2 Å². The summed E-state index contributed by atoms with van der Waals surface area (Å²) in [6, 6.07) is 0. The van der Waals surface area contributed by atoms with Crippen LogP contribution in [0.3, 0.4) is 0 Å². The Bertz CT molecular complexity index is 432. The molecule has 6 nitrogen and oxygen atoms in total. The molecule has 4 rings (SSSR count). The molecule has 0 bridgehead atoms. The number of fused-ring (bicyclic) bond motifs is 1. The molecule has 0 aromatic carbocycles. The van der Waals surface area contributed by atoms with Crippen molar-refractivity contribution in [2.45, 2.75) is 101 Å². The molecular weight excluding hydrogens is 336 g/mol. The van der Waals surface area contributed by atoms with E-state index in [4.69, 9.17) is 18.9 Å². The highest BCUT2D eigenvalue weighted by Gasteiger charge is 2.50. The lowest BCUT2D eigenvalue weighted by atomic mass is 9.87. The van der Waals surface area contributed by atoms with E-state index in [0.29, 0.717) is 18.4 Å². The highest BCUT2D eigenvalue weighted by Crippen LogP contribution is 2.39. The number of aliphatic hydroxyl groups is 2. The fourth-order valence-corrected chi connectivity index (χ4v) is 5.10. The molecule has 2 aliphatic carbocycles. The van der Waals surface area contributed by atoms with Gasteiger partial charge in [-0.3, -0.25) is 0 Å². The molecule has 6 heteroatoms. The molecule has 4 aliphatic rings. The average Bonchev–Trinajstić information content (AvgIpc) is 2.73. The molecule has 0 amide bonds. The molecule has 0 aromatic heterocycles. The van der Waals surface area contributed by atoms with Crippen LogP contribution < -0.4 is 0 Å². The van der Waals surface area contributed by atoms with Crippen LogP contribution in [0.5, 0.6) is 0 Å². The van der Waals surface area contributed by atoms with Gasteiger partial charge in [0.1, 0.15) is 24.4 Å². The van der Waals surface area contributed by atoms with E-state index < -0.39 is 12.2 Å². The summed E-state index contributed by atoms with van der Waals surface area (Å²) in [5, 5.41) is 19.9. The van der Waals surface area contributed by atoms with Crippen LogP contribution in [-0.4, -0.2) is 60.4 Å². The maximum Gasteiger partial charge on any atom is 0.161 e. The van der Waals surface area contributed by atoms with Gasteiger partial charge in [-0.2, -0.15) is 0 Å². The van der Waals surface area contributed by atoms with Crippen molar-refractivity contribution >= 4 is 0 Å². The third kappa shape index (κ3) is 4.10. The van der Waals surface area contributed by atoms with Crippen molar-refractivity contribution in [3.05, 3.63) is 0 Å². The molecular formula is C20H34O6. The predicted octanol–water partition coefficient (Wildman–Crippen LogP) is 2.35. The van der Waals surface area contributed by atoms with Gasteiger partial charge in [0.15, 0.2) is 12.6 Å². The third-order valence-electron chi connectivity index (χ3n) is 6.64. The average molecular weight is 370 g/mol. The highest BCUT2D eigenvalue weighted by molar-refractivity contribution is 4.92. The van der Waals surface area contributed by atoms with Crippen LogP contribution in [0.1, 0.15) is 64.2 Å². The molecule has 0 spiro atoms. The second-order valence-corrected chi connectivity index (χ2v) is 8.49. The van der Waals surface area contributed by atoms with Crippen molar-refractivity contribution in [1.82, 2.24) is 0 Å². The molecule has 2 heterocycles. The lowest BCUT2D eigenvalue weighted by molar-refractivity contribution is -0.383. The van der Waals surface area contributed by atoms with Crippen LogP contribution in [0, 0.1) is 11.8 Å². The number of ether oxygens (including phenoxy) is 4. The minimum atomic E-state index is -0.956. The van der Waals surface area contributed by atoms with E-state index in [9.17, 15) is 10.2 Å². The van der Waals surface area contributed by atoms with Gasteiger partial charge in [-0.05, 0) is 25.7 Å². The minimum absolute atomic E-state index is 0.235. The van der Waals surface area contributed by atoms with Crippen LogP contribution in [-0.2, 0) is 18.9 Å². The van der Waals surface area contributed by atoms with Gasteiger partial charge in [-0.25, -0.2) is 0 Å². The van der Waals surface area contributed by atoms with Crippen molar-refractivity contribution in [2.75, 3.05) is 13.2 Å². The smallest absolute Gasteiger partial charge is 0.161 e. The molecule has 4 fully saturated rings. The van der Waals surface area contributed by atoms with Gasteiger partial charge in [0, 0.05) is 11.8 Å². The normalized spacial score (nSPS) is 41.5. The Labute approximate surface area is 156 Å². The summed E-state index contributed by atoms with van der Waals surface area (Å²) in [4.78, 5) is 0. The van der Waals surface area contributed by atoms with E-state index in [0.717, 1.165) is 25.7 Å². The van der Waals surface area contributed by atoms with Crippen LogP contribution in [0.2, 0.25) is 0 Å². The second kappa shape index (κ2) is 8.84. The minimum Gasteiger partial charge on any atom is -0.394 e. The van der Waals surface area contributed by atoms with Crippen LogP contribution in [0.25, 0.3) is 0 Å². The first-order valence-electron chi connectivity index (χ1n) is 10.6. The third-order valence-corrected chi connectivity index (χ3v) is 6.64. The zero-order chi connectivity index (χ0) is 17.9. The molecule has 0 aromatic rings. The molecule has 2 saturated heterocycles. The fourth-order valence-electron chi connectivity index (χ4n) is 5.10. The molecule has 26 heavy (non-hydrogen) atoms. The molecule has 2 saturated carbocycles. The SMILES string of the molecule is OCC(O)C1OC(C2CCCCC2)OC2COC(C3CCCCC3)OC21. The summed E-state index contributed by atoms with van der Waals surface area (Å²) < 4.78 is 24.7. The van der Waals surface area contributed by atoms with Crippen LogP contribution >= 0.6 is 0 Å². The number of aliphatic hydroxyl groups excluding tert-OH is 2. The standard InChI is InChI=1S/C20H34O6/c21-11-15(22)17-18-16(24-20(25-17)14-9-5-2-6-10-14)12-23-19(26-18)13-7-3-1-4-8-13/h13-22H,1-12H2. The lowest BCUT2D eigenvalue weighted by Crippen LogP contribution is -2.63. The first-order valence-corrected chi connectivity index (χ1v) is 10.6. The van der Waals surface area contributed by atoms with E-state index >= 15 is 0 Å². The van der Waals surface area contributed by atoms with Crippen LogP contribution in [0.15, 0.2) is 0 Å². The van der Waals surface area contributed by atoms with Crippen molar-refractivity contribution in [2.24, 2.45) is 11.8 Å². The molecule has 2 N–H and O–H groups in total. The monoisotopic (exact) mass is 370 g/mol. The molecule has 150 valence electrons. The maximum atomic E-state index is 10.4. The summed E-state index contributed by atoms with van der Waals surface area (Å²) in [6.45, 7) is 0.149. The van der Waals surface area contributed by atoms with Crippen molar-refractivity contribution < 1.29 is 29.2 Å².